The standard InChI is InChI=1S/C23H27F2N7S.C2H3N/c1-13-10-18(30-29-13)26-21-19(14-6-7-14)22(32-8-4-5-9-32)28-23(27-21)31(2)20-16(24)11-15(33-3)12-17(20)25;1-2-3/h10-12,14H,4-9H2,1-3H3,(H2,26,27,28,29,30);1H,3H2. The lowest BCUT2D eigenvalue weighted by Gasteiger charge is -2.26. The van der Waals surface area contributed by atoms with Crippen molar-refractivity contribution in [2.75, 3.05) is 41.5 Å². The van der Waals surface area contributed by atoms with E-state index in [1.54, 1.807) is 19.3 Å². The SMILES string of the molecule is C#CN.CSc1cc(F)c(N(C)c2nc(Nc3cc(C)[nH]n3)c(C3CC3)c(N3CCCC3)n2)c(F)c1. The van der Waals surface area contributed by atoms with E-state index in [0.29, 0.717) is 22.4 Å². The molecular formula is C25H30F2N8S. The first-order chi connectivity index (χ1) is 17.4. The first-order valence-corrected chi connectivity index (χ1v) is 13.0. The molecule has 2 aliphatic rings. The number of nitrogens with one attached hydrogen (secondary N) is 2. The monoisotopic (exact) mass is 512 g/mol. The summed E-state index contributed by atoms with van der Waals surface area (Å²) in [6.07, 6.45) is 10.5. The minimum atomic E-state index is -0.642. The highest BCUT2D eigenvalue weighted by molar-refractivity contribution is 7.98. The van der Waals surface area contributed by atoms with Crippen molar-refractivity contribution in [3.05, 3.63) is 41.1 Å². The van der Waals surface area contributed by atoms with Gasteiger partial charge in [-0.1, -0.05) is 6.42 Å². The number of benzene rings is 1. The van der Waals surface area contributed by atoms with E-state index in [-0.39, 0.29) is 11.6 Å². The van der Waals surface area contributed by atoms with Gasteiger partial charge in [0.2, 0.25) is 5.95 Å². The number of nitrogens with zero attached hydrogens (tertiary/aromatic N) is 5. The number of aromatic nitrogens is 4. The van der Waals surface area contributed by atoms with Gasteiger partial charge >= 0.3 is 0 Å². The predicted molar refractivity (Wildman–Crippen MR) is 141 cm³/mol. The number of thioether (sulfide) groups is 1. The molecule has 1 aliphatic carbocycles. The Kier molecular flexibility index (Phi) is 7.84. The molecule has 0 amide bonds. The molecule has 2 fully saturated rings. The van der Waals surface area contributed by atoms with Crippen molar-refractivity contribution in [3.8, 4) is 12.5 Å². The van der Waals surface area contributed by atoms with Gasteiger partial charge in [0.15, 0.2) is 17.5 Å². The van der Waals surface area contributed by atoms with Gasteiger partial charge in [0.05, 0.1) is 0 Å². The Morgan fingerprint density at radius 1 is 1.19 bits per heavy atom. The summed E-state index contributed by atoms with van der Waals surface area (Å²) in [7, 11) is 1.60. The van der Waals surface area contributed by atoms with Gasteiger partial charge in [0, 0.05) is 42.4 Å². The fourth-order valence-corrected chi connectivity index (χ4v) is 4.74. The van der Waals surface area contributed by atoms with Crippen molar-refractivity contribution >= 4 is 40.9 Å². The Labute approximate surface area is 214 Å². The smallest absolute Gasteiger partial charge is 0.233 e. The van der Waals surface area contributed by atoms with Crippen LogP contribution in [0.2, 0.25) is 0 Å². The number of nitrogens with two attached hydrogens (primary N) is 1. The van der Waals surface area contributed by atoms with Crippen molar-refractivity contribution < 1.29 is 8.78 Å². The van der Waals surface area contributed by atoms with E-state index in [2.05, 4.69) is 32.6 Å². The molecule has 1 saturated heterocycles. The van der Waals surface area contributed by atoms with Crippen LogP contribution in [-0.2, 0) is 0 Å². The molecule has 3 heterocycles. The van der Waals surface area contributed by atoms with Crippen molar-refractivity contribution in [3.63, 3.8) is 0 Å². The minimum absolute atomic E-state index is 0.166. The molecule has 1 saturated carbocycles. The molecule has 5 rings (SSSR count). The van der Waals surface area contributed by atoms with E-state index in [0.717, 1.165) is 55.8 Å². The summed E-state index contributed by atoms with van der Waals surface area (Å²) in [5.74, 6) is 1.47. The van der Waals surface area contributed by atoms with Crippen LogP contribution in [0, 0.1) is 31.0 Å². The van der Waals surface area contributed by atoms with Crippen LogP contribution < -0.4 is 20.9 Å². The molecular weight excluding hydrogens is 482 g/mol. The molecule has 0 spiro atoms. The molecule has 0 bridgehead atoms. The van der Waals surface area contributed by atoms with Gasteiger partial charge in [0.1, 0.15) is 17.3 Å². The quantitative estimate of drug-likeness (QED) is 0.230. The largest absolute Gasteiger partial charge is 0.360 e. The lowest BCUT2D eigenvalue weighted by atomic mass is 10.1. The molecule has 0 radical (unpaired) electrons. The second-order valence-electron chi connectivity index (χ2n) is 8.80. The predicted octanol–water partition coefficient (Wildman–Crippen LogP) is 5.03. The fraction of sp³-hybridized carbons (Fsp3) is 0.400. The van der Waals surface area contributed by atoms with Crippen molar-refractivity contribution in [1.82, 2.24) is 20.2 Å². The molecule has 4 N–H and O–H groups in total. The topological polar surface area (TPSA) is 99.0 Å². The average Bonchev–Trinajstić information content (AvgIpc) is 3.36. The van der Waals surface area contributed by atoms with Gasteiger partial charge in [0.25, 0.3) is 0 Å². The number of hydrogen-bond acceptors (Lipinski definition) is 8. The third-order valence-electron chi connectivity index (χ3n) is 6.12. The van der Waals surface area contributed by atoms with Crippen LogP contribution in [-0.4, -0.2) is 46.6 Å². The van der Waals surface area contributed by atoms with Gasteiger partial charge in [-0.2, -0.15) is 15.1 Å². The van der Waals surface area contributed by atoms with Gasteiger partial charge in [-0.3, -0.25) is 5.10 Å². The van der Waals surface area contributed by atoms with E-state index in [9.17, 15) is 8.78 Å². The summed E-state index contributed by atoms with van der Waals surface area (Å²) in [5.41, 5.74) is 6.20. The van der Waals surface area contributed by atoms with Gasteiger partial charge < -0.3 is 20.9 Å². The van der Waals surface area contributed by atoms with Gasteiger partial charge in [-0.15, -0.1) is 11.8 Å². The molecule has 0 unspecified atom stereocenters. The van der Waals surface area contributed by atoms with Crippen molar-refractivity contribution in [1.29, 1.82) is 0 Å². The molecule has 1 aliphatic heterocycles. The van der Waals surface area contributed by atoms with Crippen LogP contribution in [0.15, 0.2) is 23.1 Å². The maximum absolute atomic E-state index is 14.9. The third kappa shape index (κ3) is 5.49. The van der Waals surface area contributed by atoms with E-state index in [1.807, 2.05) is 13.0 Å². The summed E-state index contributed by atoms with van der Waals surface area (Å²) < 4.78 is 29.8. The Morgan fingerprint density at radius 3 is 2.36 bits per heavy atom. The normalized spacial score (nSPS) is 14.7. The highest BCUT2D eigenvalue weighted by atomic mass is 32.2. The summed E-state index contributed by atoms with van der Waals surface area (Å²) in [5, 5.41) is 10.6. The number of rotatable bonds is 7. The van der Waals surface area contributed by atoms with E-state index >= 15 is 0 Å². The molecule has 11 heteroatoms. The molecule has 0 atom stereocenters. The van der Waals surface area contributed by atoms with E-state index in [4.69, 9.17) is 9.97 Å². The van der Waals surface area contributed by atoms with Gasteiger partial charge in [-0.05, 0) is 63.0 Å². The van der Waals surface area contributed by atoms with Crippen LogP contribution in [0.25, 0.3) is 0 Å². The highest BCUT2D eigenvalue weighted by Gasteiger charge is 2.34. The van der Waals surface area contributed by atoms with E-state index < -0.39 is 11.6 Å². The van der Waals surface area contributed by atoms with Gasteiger partial charge in [-0.25, -0.2) is 8.78 Å². The third-order valence-corrected chi connectivity index (χ3v) is 6.83. The molecule has 2 aromatic heterocycles. The van der Waals surface area contributed by atoms with Crippen molar-refractivity contribution in [2.24, 2.45) is 5.73 Å². The van der Waals surface area contributed by atoms with Crippen LogP contribution in [0.1, 0.15) is 42.9 Å². The molecule has 36 heavy (non-hydrogen) atoms. The first-order valence-electron chi connectivity index (χ1n) is 11.7. The zero-order valence-corrected chi connectivity index (χ0v) is 21.4. The lowest BCUT2D eigenvalue weighted by molar-refractivity contribution is 0.577. The zero-order valence-electron chi connectivity index (χ0n) is 20.6. The summed E-state index contributed by atoms with van der Waals surface area (Å²) in [4.78, 5) is 13.8. The summed E-state index contributed by atoms with van der Waals surface area (Å²) in [6.45, 7) is 3.75. The zero-order chi connectivity index (χ0) is 25.8. The summed E-state index contributed by atoms with van der Waals surface area (Å²) in [6, 6.07) is 6.33. The molecule has 8 nitrogen and oxygen atoms in total. The lowest BCUT2D eigenvalue weighted by Crippen LogP contribution is -2.24. The number of terminal acetylenes is 1. The number of halogens is 2. The van der Waals surface area contributed by atoms with Crippen molar-refractivity contribution in [2.45, 2.75) is 43.4 Å². The fourth-order valence-electron chi connectivity index (χ4n) is 4.29. The number of aromatic amines is 1. The summed E-state index contributed by atoms with van der Waals surface area (Å²) >= 11 is 1.29. The average molecular weight is 513 g/mol. The minimum Gasteiger partial charge on any atom is -0.360 e. The molecule has 190 valence electrons. The van der Waals surface area contributed by atoms with E-state index in [1.165, 1.54) is 28.8 Å². The Hall–Kier alpha value is -3.52. The first kappa shape index (κ1) is 25.6. The Morgan fingerprint density at radius 2 is 1.83 bits per heavy atom. The van der Waals surface area contributed by atoms with Crippen LogP contribution in [0.5, 0.6) is 0 Å². The maximum atomic E-state index is 14.9. The number of hydrogen-bond donors (Lipinski definition) is 3. The highest BCUT2D eigenvalue weighted by Crippen LogP contribution is 2.48. The second-order valence-corrected chi connectivity index (χ2v) is 9.68. The van der Waals surface area contributed by atoms with Crippen LogP contribution >= 0.6 is 11.8 Å². The Bertz CT molecular complexity index is 1240. The molecule has 1 aromatic carbocycles. The molecule has 3 aromatic rings. The van der Waals surface area contributed by atoms with Crippen LogP contribution in [0.3, 0.4) is 0 Å². The number of anilines is 5. The van der Waals surface area contributed by atoms with Crippen LogP contribution in [0.4, 0.5) is 37.9 Å². The number of aryl methyl sites for hydroxylation is 1. The second kappa shape index (κ2) is 11.0. The number of H-pyrrole nitrogens is 1. The Balaban J connectivity index is 0.000000967. The maximum Gasteiger partial charge on any atom is 0.233 e.